The molecule has 1 aromatic carbocycles. The van der Waals surface area contributed by atoms with E-state index in [1.54, 1.807) is 39.0 Å². The van der Waals surface area contributed by atoms with Gasteiger partial charge >= 0.3 is 5.97 Å². The van der Waals surface area contributed by atoms with Crippen LogP contribution < -0.4 is 4.90 Å². The highest BCUT2D eigenvalue weighted by Gasteiger charge is 2.27. The number of hydrogen-bond donors (Lipinski definition) is 0. The first kappa shape index (κ1) is 19.7. The van der Waals surface area contributed by atoms with Crippen LogP contribution in [-0.2, 0) is 9.53 Å². The minimum Gasteiger partial charge on any atom is -0.460 e. The fraction of sp³-hybridized carbons (Fsp3) is 0.333. The van der Waals surface area contributed by atoms with E-state index >= 15 is 0 Å². The van der Waals surface area contributed by atoms with Crippen molar-refractivity contribution in [3.8, 4) is 0 Å². The first-order valence-electron chi connectivity index (χ1n) is 7.84. The molecule has 8 heteroatoms. The number of carbonyl (C=O) groups excluding carboxylic acids is 1. The Balaban J connectivity index is 2.40. The quantitative estimate of drug-likeness (QED) is 0.441. The molecular weight excluding hydrogens is 352 g/mol. The van der Waals surface area contributed by atoms with Crippen molar-refractivity contribution in [2.45, 2.75) is 32.8 Å². The Kier molecular flexibility index (Phi) is 5.84. The number of nitrogens with zero attached hydrogens (tertiary/aromatic N) is 2. The highest BCUT2D eigenvalue weighted by atomic mass is 19.2. The zero-order valence-corrected chi connectivity index (χ0v) is 14.5. The molecular formula is C18H18F4N2O2. The minimum absolute atomic E-state index is 0.249. The van der Waals surface area contributed by atoms with Gasteiger partial charge in [-0.1, -0.05) is 18.2 Å². The maximum absolute atomic E-state index is 14.2. The van der Waals surface area contributed by atoms with Gasteiger partial charge in [0.1, 0.15) is 11.3 Å². The molecule has 0 aliphatic rings. The Hall–Kier alpha value is -2.64. The molecule has 0 spiro atoms. The summed E-state index contributed by atoms with van der Waals surface area (Å²) in [6, 6.07) is 7.81. The lowest BCUT2D eigenvalue weighted by Gasteiger charge is -2.26. The van der Waals surface area contributed by atoms with Crippen LogP contribution in [0.2, 0.25) is 0 Å². The van der Waals surface area contributed by atoms with Crippen molar-refractivity contribution in [2.75, 3.05) is 11.4 Å². The number of rotatable bonds is 5. The Morgan fingerprint density at radius 1 is 1.04 bits per heavy atom. The van der Waals surface area contributed by atoms with Crippen LogP contribution in [0.5, 0.6) is 0 Å². The van der Waals surface area contributed by atoms with E-state index in [1.165, 1.54) is 12.1 Å². The molecule has 0 saturated heterocycles. The second-order valence-corrected chi connectivity index (χ2v) is 6.49. The number of hydrogen-bond acceptors (Lipinski definition) is 4. The summed E-state index contributed by atoms with van der Waals surface area (Å²) in [5.41, 5.74) is -1.44. The fourth-order valence-corrected chi connectivity index (χ4v) is 2.29. The number of aromatic nitrogens is 1. The van der Waals surface area contributed by atoms with Gasteiger partial charge in [-0.25, -0.2) is 0 Å². The maximum Gasteiger partial charge on any atom is 0.308 e. The molecule has 1 aromatic heterocycles. The molecule has 0 bridgehead atoms. The first-order valence-corrected chi connectivity index (χ1v) is 7.84. The molecule has 26 heavy (non-hydrogen) atoms. The second kappa shape index (κ2) is 7.72. The summed E-state index contributed by atoms with van der Waals surface area (Å²) in [7, 11) is 0. The van der Waals surface area contributed by atoms with E-state index in [4.69, 9.17) is 4.74 Å². The van der Waals surface area contributed by atoms with Crippen molar-refractivity contribution in [1.29, 1.82) is 0 Å². The molecule has 0 radical (unpaired) electrons. The van der Waals surface area contributed by atoms with Gasteiger partial charge in [0.25, 0.3) is 11.9 Å². The molecule has 2 aromatic rings. The van der Waals surface area contributed by atoms with Crippen molar-refractivity contribution >= 4 is 17.3 Å². The van der Waals surface area contributed by atoms with E-state index in [0.29, 0.717) is 0 Å². The molecule has 0 saturated carbocycles. The van der Waals surface area contributed by atoms with Gasteiger partial charge in [0.15, 0.2) is 0 Å². The van der Waals surface area contributed by atoms with Crippen LogP contribution in [0.25, 0.3) is 0 Å². The summed E-state index contributed by atoms with van der Waals surface area (Å²) in [6.07, 6.45) is -0.253. The maximum atomic E-state index is 14.2. The van der Waals surface area contributed by atoms with Gasteiger partial charge in [-0.05, 0) is 32.9 Å². The molecule has 4 nitrogen and oxygen atoms in total. The average molecular weight is 370 g/mol. The van der Waals surface area contributed by atoms with Crippen LogP contribution in [-0.4, -0.2) is 23.1 Å². The van der Waals surface area contributed by atoms with Crippen molar-refractivity contribution in [2.24, 2.45) is 0 Å². The highest BCUT2D eigenvalue weighted by molar-refractivity contribution is 5.72. The third-order valence-electron chi connectivity index (χ3n) is 3.27. The lowest BCUT2D eigenvalue weighted by molar-refractivity contribution is -0.154. The van der Waals surface area contributed by atoms with E-state index in [-0.39, 0.29) is 18.7 Å². The molecule has 0 unspecified atom stereocenters. The molecule has 2 rings (SSSR count). The summed E-state index contributed by atoms with van der Waals surface area (Å²) in [6.45, 7) is 4.77. The molecule has 0 atom stereocenters. The zero-order valence-electron chi connectivity index (χ0n) is 14.5. The number of ether oxygens (including phenoxy) is 1. The van der Waals surface area contributed by atoms with Gasteiger partial charge in [0, 0.05) is 12.2 Å². The number of pyridine rings is 1. The van der Waals surface area contributed by atoms with Crippen molar-refractivity contribution in [3.63, 3.8) is 0 Å². The van der Waals surface area contributed by atoms with Crippen LogP contribution in [0.1, 0.15) is 27.2 Å². The number of benzene rings is 1. The third kappa shape index (κ3) is 4.71. The predicted octanol–water partition coefficient (Wildman–Crippen LogP) is 4.51. The van der Waals surface area contributed by atoms with Crippen LogP contribution in [0, 0.1) is 23.5 Å². The molecule has 140 valence electrons. The summed E-state index contributed by atoms with van der Waals surface area (Å²) in [5.74, 6) is -7.43. The van der Waals surface area contributed by atoms with Gasteiger partial charge < -0.3 is 9.64 Å². The molecule has 0 aliphatic heterocycles. The number of para-hydroxylation sites is 1. The van der Waals surface area contributed by atoms with E-state index in [9.17, 15) is 22.4 Å². The fourth-order valence-electron chi connectivity index (χ4n) is 2.29. The average Bonchev–Trinajstić information content (AvgIpc) is 2.55. The Morgan fingerprint density at radius 2 is 1.58 bits per heavy atom. The SMILES string of the molecule is CC(C)(C)OC(=O)CCN(c1ccccc1)c1c(F)c(F)nc(F)c1F. The molecule has 0 amide bonds. The van der Waals surface area contributed by atoms with Gasteiger partial charge in [-0.3, -0.25) is 4.79 Å². The zero-order chi connectivity index (χ0) is 19.5. The Bertz CT molecular complexity index is 766. The molecule has 0 fully saturated rings. The monoisotopic (exact) mass is 370 g/mol. The van der Waals surface area contributed by atoms with Crippen LogP contribution in [0.4, 0.5) is 28.9 Å². The highest BCUT2D eigenvalue weighted by Crippen LogP contribution is 2.32. The summed E-state index contributed by atoms with van der Waals surface area (Å²) in [5, 5.41) is 0. The predicted molar refractivity (Wildman–Crippen MR) is 88.0 cm³/mol. The summed E-state index contributed by atoms with van der Waals surface area (Å²) in [4.78, 5) is 15.5. The summed E-state index contributed by atoms with van der Waals surface area (Å²) >= 11 is 0. The number of anilines is 2. The van der Waals surface area contributed by atoms with Crippen molar-refractivity contribution in [1.82, 2.24) is 4.98 Å². The van der Waals surface area contributed by atoms with Crippen molar-refractivity contribution in [3.05, 3.63) is 53.9 Å². The number of esters is 1. The molecule has 0 N–H and O–H groups in total. The van der Waals surface area contributed by atoms with Crippen LogP contribution >= 0.6 is 0 Å². The number of carbonyl (C=O) groups is 1. The smallest absolute Gasteiger partial charge is 0.308 e. The normalized spacial score (nSPS) is 11.3. The topological polar surface area (TPSA) is 42.4 Å². The van der Waals surface area contributed by atoms with E-state index in [2.05, 4.69) is 4.98 Å². The Labute approximate surface area is 148 Å². The lowest BCUT2D eigenvalue weighted by atomic mass is 10.2. The van der Waals surface area contributed by atoms with Gasteiger partial charge in [0.2, 0.25) is 11.6 Å². The van der Waals surface area contributed by atoms with E-state index < -0.39 is 40.8 Å². The van der Waals surface area contributed by atoms with Gasteiger partial charge in [-0.15, -0.1) is 0 Å². The summed E-state index contributed by atoms with van der Waals surface area (Å²) < 4.78 is 60.5. The van der Waals surface area contributed by atoms with Gasteiger partial charge in [-0.2, -0.15) is 22.5 Å². The van der Waals surface area contributed by atoms with E-state index in [1.807, 2.05) is 0 Å². The van der Waals surface area contributed by atoms with Crippen LogP contribution in [0.3, 0.4) is 0 Å². The second-order valence-electron chi connectivity index (χ2n) is 6.49. The van der Waals surface area contributed by atoms with Gasteiger partial charge in [0.05, 0.1) is 6.42 Å². The lowest BCUT2D eigenvalue weighted by Crippen LogP contribution is -2.28. The Morgan fingerprint density at radius 3 is 2.08 bits per heavy atom. The third-order valence-corrected chi connectivity index (χ3v) is 3.27. The molecule has 0 aliphatic carbocycles. The largest absolute Gasteiger partial charge is 0.460 e. The standard InChI is InChI=1S/C18H18F4N2O2/c1-18(2,3)26-12(25)9-10-24(11-7-5-4-6-8-11)15-13(19)16(21)23-17(22)14(15)20/h4-8H,9-10H2,1-3H3. The van der Waals surface area contributed by atoms with Crippen LogP contribution in [0.15, 0.2) is 30.3 Å². The van der Waals surface area contributed by atoms with Crippen molar-refractivity contribution < 1.29 is 27.1 Å². The van der Waals surface area contributed by atoms with E-state index in [0.717, 1.165) is 4.90 Å². The first-order chi connectivity index (χ1) is 12.1. The molecule has 1 heterocycles. The number of halogens is 4. The minimum atomic E-state index is -1.77.